The number of hydrogen-bond acceptors (Lipinski definition) is 2. The number of para-hydroxylation sites is 1. The van der Waals surface area contributed by atoms with Crippen LogP contribution in [-0.2, 0) is 0 Å². The summed E-state index contributed by atoms with van der Waals surface area (Å²) in [6.07, 6.45) is 0. The van der Waals surface area contributed by atoms with E-state index in [1.807, 2.05) is 6.07 Å². The van der Waals surface area contributed by atoms with Crippen LogP contribution in [-0.4, -0.2) is 14.2 Å². The summed E-state index contributed by atoms with van der Waals surface area (Å²) in [5, 5.41) is 0. The second kappa shape index (κ2) is 3.28. The van der Waals surface area contributed by atoms with Gasteiger partial charge in [0.2, 0.25) is 0 Å². The Morgan fingerprint density at radius 3 is 2.36 bits per heavy atom. The molecule has 1 aromatic carbocycles. The second-order valence-corrected chi connectivity index (χ2v) is 2.08. The van der Waals surface area contributed by atoms with Gasteiger partial charge in [0.05, 0.1) is 14.2 Å². The standard InChI is InChI=1S/C9H10O2/c1-7-5-4-6-8(10-2)9(7)11-3/h1,4-6H,2-3H3. The van der Waals surface area contributed by atoms with E-state index in [2.05, 4.69) is 0 Å². The van der Waals surface area contributed by atoms with E-state index in [0.717, 1.165) is 0 Å². The van der Waals surface area contributed by atoms with Gasteiger partial charge in [-0.3, -0.25) is 0 Å². The number of benzene rings is 1. The van der Waals surface area contributed by atoms with Crippen molar-refractivity contribution in [1.29, 1.82) is 0 Å². The van der Waals surface area contributed by atoms with Gasteiger partial charge in [0.25, 0.3) is 0 Å². The van der Waals surface area contributed by atoms with E-state index in [-0.39, 0.29) is 0 Å². The van der Waals surface area contributed by atoms with Crippen LogP contribution in [0.25, 0.3) is 0 Å². The Labute approximate surface area is 66.8 Å². The molecule has 0 spiro atoms. The highest BCUT2D eigenvalue weighted by molar-refractivity contribution is 5.47. The van der Waals surface area contributed by atoms with Crippen molar-refractivity contribution >= 4 is 0 Å². The molecule has 0 bridgehead atoms. The molecule has 0 N–H and O–H groups in total. The van der Waals surface area contributed by atoms with Gasteiger partial charge < -0.3 is 9.47 Å². The van der Waals surface area contributed by atoms with Crippen molar-refractivity contribution < 1.29 is 9.47 Å². The topological polar surface area (TPSA) is 18.5 Å². The second-order valence-electron chi connectivity index (χ2n) is 2.08. The molecule has 1 rings (SSSR count). The molecule has 0 saturated carbocycles. The van der Waals surface area contributed by atoms with Crippen molar-refractivity contribution in [2.75, 3.05) is 14.2 Å². The Kier molecular flexibility index (Phi) is 2.36. The van der Waals surface area contributed by atoms with E-state index in [9.17, 15) is 0 Å². The molecule has 0 saturated heterocycles. The third kappa shape index (κ3) is 1.45. The van der Waals surface area contributed by atoms with Crippen LogP contribution < -0.4 is 9.47 Å². The molecule has 0 atom stereocenters. The van der Waals surface area contributed by atoms with Crippen LogP contribution in [0.2, 0.25) is 0 Å². The third-order valence-electron chi connectivity index (χ3n) is 1.43. The fourth-order valence-electron chi connectivity index (χ4n) is 0.912. The number of hydrogen-bond donors (Lipinski definition) is 0. The Morgan fingerprint density at radius 2 is 1.91 bits per heavy atom. The first-order valence-electron chi connectivity index (χ1n) is 3.26. The van der Waals surface area contributed by atoms with E-state index in [4.69, 9.17) is 16.4 Å². The van der Waals surface area contributed by atoms with E-state index in [1.165, 1.54) is 0 Å². The number of ether oxygens (including phenoxy) is 2. The molecule has 0 aliphatic rings. The van der Waals surface area contributed by atoms with Crippen molar-refractivity contribution in [3.8, 4) is 11.5 Å². The molecule has 2 nitrogen and oxygen atoms in total. The summed E-state index contributed by atoms with van der Waals surface area (Å²) in [7, 11) is 3.14. The molecule has 1 aromatic rings. The number of methoxy groups -OCH3 is 2. The first-order chi connectivity index (χ1) is 5.29. The normalized spacial score (nSPS) is 9.36. The zero-order valence-corrected chi connectivity index (χ0v) is 6.63. The molecule has 2 radical (unpaired) electrons. The molecule has 0 amide bonds. The molecule has 2 heteroatoms. The van der Waals surface area contributed by atoms with Crippen LogP contribution in [0.3, 0.4) is 0 Å². The lowest BCUT2D eigenvalue weighted by Gasteiger charge is -2.08. The van der Waals surface area contributed by atoms with Crippen LogP contribution in [0.4, 0.5) is 0 Å². The highest BCUT2D eigenvalue weighted by atomic mass is 16.5. The Morgan fingerprint density at radius 1 is 1.18 bits per heavy atom. The van der Waals surface area contributed by atoms with Crippen LogP contribution >= 0.6 is 0 Å². The molecule has 0 aromatic heterocycles. The van der Waals surface area contributed by atoms with Gasteiger partial charge in [0, 0.05) is 12.5 Å². The van der Waals surface area contributed by atoms with Crippen LogP contribution in [0.15, 0.2) is 18.2 Å². The minimum atomic E-state index is 0.590. The lowest BCUT2D eigenvalue weighted by Crippen LogP contribution is -1.91. The quantitative estimate of drug-likeness (QED) is 0.639. The van der Waals surface area contributed by atoms with Gasteiger partial charge in [-0.05, 0) is 6.07 Å². The Hall–Kier alpha value is -1.18. The van der Waals surface area contributed by atoms with Crippen molar-refractivity contribution in [1.82, 2.24) is 0 Å². The molecular weight excluding hydrogens is 140 g/mol. The highest BCUT2D eigenvalue weighted by Crippen LogP contribution is 2.29. The van der Waals surface area contributed by atoms with Crippen LogP contribution in [0.1, 0.15) is 5.56 Å². The highest BCUT2D eigenvalue weighted by Gasteiger charge is 2.03. The third-order valence-corrected chi connectivity index (χ3v) is 1.43. The van der Waals surface area contributed by atoms with E-state index < -0.39 is 0 Å². The van der Waals surface area contributed by atoms with Crippen molar-refractivity contribution in [3.05, 3.63) is 30.7 Å². The summed E-state index contributed by atoms with van der Waals surface area (Å²) in [4.78, 5) is 0. The minimum absolute atomic E-state index is 0.590. The first kappa shape index (κ1) is 7.92. The maximum absolute atomic E-state index is 5.60. The number of rotatable bonds is 2. The maximum Gasteiger partial charge on any atom is 0.164 e. The van der Waals surface area contributed by atoms with E-state index in [1.54, 1.807) is 26.4 Å². The van der Waals surface area contributed by atoms with Crippen LogP contribution in [0, 0.1) is 6.92 Å². The van der Waals surface area contributed by atoms with Gasteiger partial charge in [-0.2, -0.15) is 0 Å². The zero-order chi connectivity index (χ0) is 8.27. The molecular formula is C9H10O2. The van der Waals surface area contributed by atoms with Gasteiger partial charge >= 0.3 is 0 Å². The molecule has 0 fully saturated rings. The van der Waals surface area contributed by atoms with Crippen molar-refractivity contribution in [3.63, 3.8) is 0 Å². The van der Waals surface area contributed by atoms with Crippen molar-refractivity contribution in [2.24, 2.45) is 0 Å². The molecule has 0 aliphatic carbocycles. The van der Waals surface area contributed by atoms with Gasteiger partial charge in [0.15, 0.2) is 11.5 Å². The fraction of sp³-hybridized carbons (Fsp3) is 0.222. The van der Waals surface area contributed by atoms with E-state index in [0.29, 0.717) is 17.1 Å². The summed E-state index contributed by atoms with van der Waals surface area (Å²) in [5.41, 5.74) is 0.590. The fourth-order valence-corrected chi connectivity index (χ4v) is 0.912. The summed E-state index contributed by atoms with van der Waals surface area (Å²) < 4.78 is 10.0. The van der Waals surface area contributed by atoms with Crippen LogP contribution in [0.5, 0.6) is 11.5 Å². The zero-order valence-electron chi connectivity index (χ0n) is 6.63. The average Bonchev–Trinajstić information content (AvgIpc) is 2.04. The van der Waals surface area contributed by atoms with Gasteiger partial charge in [0.1, 0.15) is 0 Å². The SMILES string of the molecule is [CH]c1cccc(OC)c1OC. The maximum atomic E-state index is 5.60. The average molecular weight is 150 g/mol. The van der Waals surface area contributed by atoms with Gasteiger partial charge in [-0.25, -0.2) is 0 Å². The molecule has 0 heterocycles. The van der Waals surface area contributed by atoms with Gasteiger partial charge in [-0.1, -0.05) is 12.1 Å². The lowest BCUT2D eigenvalue weighted by molar-refractivity contribution is 0.354. The smallest absolute Gasteiger partial charge is 0.164 e. The summed E-state index contributed by atoms with van der Waals surface area (Å²) in [5.74, 6) is 1.25. The first-order valence-corrected chi connectivity index (χ1v) is 3.26. The molecule has 11 heavy (non-hydrogen) atoms. The monoisotopic (exact) mass is 150 g/mol. The summed E-state index contributed by atoms with van der Waals surface area (Å²) in [6.45, 7) is 5.60. The van der Waals surface area contributed by atoms with Crippen molar-refractivity contribution in [2.45, 2.75) is 0 Å². The van der Waals surface area contributed by atoms with E-state index >= 15 is 0 Å². The predicted octanol–water partition coefficient (Wildman–Crippen LogP) is 1.76. The lowest BCUT2D eigenvalue weighted by atomic mass is 10.2. The Balaban J connectivity index is 3.13. The van der Waals surface area contributed by atoms with Gasteiger partial charge in [-0.15, -0.1) is 0 Å². The largest absolute Gasteiger partial charge is 0.493 e. The summed E-state index contributed by atoms with van der Waals surface area (Å²) >= 11 is 0. The minimum Gasteiger partial charge on any atom is -0.493 e. The molecule has 0 aliphatic heterocycles. The molecule has 0 unspecified atom stereocenters. The summed E-state index contributed by atoms with van der Waals surface area (Å²) in [6, 6.07) is 5.38. The predicted molar refractivity (Wildman–Crippen MR) is 42.9 cm³/mol. The Bertz CT molecular complexity index is 243. The molecule has 58 valence electrons.